The lowest BCUT2D eigenvalue weighted by Gasteiger charge is -2.37. The van der Waals surface area contributed by atoms with Crippen molar-refractivity contribution in [2.45, 2.75) is 18.4 Å². The van der Waals surface area contributed by atoms with Crippen molar-refractivity contribution in [1.29, 1.82) is 0 Å². The van der Waals surface area contributed by atoms with Gasteiger partial charge in [-0.05, 0) is 35.6 Å². The molecule has 1 N–H and O–H groups in total. The highest BCUT2D eigenvalue weighted by atomic mass is 15.0. The van der Waals surface area contributed by atoms with E-state index in [0.717, 1.165) is 6.42 Å². The predicted molar refractivity (Wildman–Crippen MR) is 77.0 cm³/mol. The maximum Gasteiger partial charge on any atom is 0.0569 e. The second-order valence-electron chi connectivity index (χ2n) is 5.35. The van der Waals surface area contributed by atoms with Gasteiger partial charge in [0.1, 0.15) is 0 Å². The number of fused-ring (bicyclic) bond motifs is 3. The summed E-state index contributed by atoms with van der Waals surface area (Å²) < 4.78 is 0. The fourth-order valence-corrected chi connectivity index (χ4v) is 3.43. The van der Waals surface area contributed by atoms with Gasteiger partial charge in [0.15, 0.2) is 0 Å². The molecule has 0 amide bonds. The Bertz CT molecular complexity index is 618. The molecule has 2 heterocycles. The van der Waals surface area contributed by atoms with E-state index in [9.17, 15) is 0 Å². The van der Waals surface area contributed by atoms with Gasteiger partial charge in [-0.25, -0.2) is 0 Å². The van der Waals surface area contributed by atoms with Crippen molar-refractivity contribution in [1.82, 2.24) is 4.98 Å². The minimum absolute atomic E-state index is 0.364. The van der Waals surface area contributed by atoms with Crippen molar-refractivity contribution in [3.05, 3.63) is 72.1 Å². The molecule has 2 heteroatoms. The molecule has 0 saturated heterocycles. The van der Waals surface area contributed by atoms with Gasteiger partial charge in [0, 0.05) is 24.0 Å². The number of nitrogens with one attached hydrogen (secondary N) is 1. The number of benzene rings is 1. The van der Waals surface area contributed by atoms with Gasteiger partial charge >= 0.3 is 0 Å². The number of hydrogen-bond acceptors (Lipinski definition) is 2. The van der Waals surface area contributed by atoms with Gasteiger partial charge in [-0.1, -0.05) is 36.4 Å². The Morgan fingerprint density at radius 3 is 2.95 bits per heavy atom. The second kappa shape index (κ2) is 4.23. The molecule has 1 aliphatic carbocycles. The highest BCUT2D eigenvalue weighted by molar-refractivity contribution is 5.59. The highest BCUT2D eigenvalue weighted by Gasteiger charge is 2.37. The molecule has 19 heavy (non-hydrogen) atoms. The summed E-state index contributed by atoms with van der Waals surface area (Å²) in [4.78, 5) is 4.27. The third-order valence-electron chi connectivity index (χ3n) is 4.32. The first-order valence-electron chi connectivity index (χ1n) is 6.85. The van der Waals surface area contributed by atoms with E-state index < -0.39 is 0 Å². The van der Waals surface area contributed by atoms with Crippen LogP contribution in [0, 0.1) is 5.92 Å². The van der Waals surface area contributed by atoms with Crippen LogP contribution in [0.25, 0.3) is 0 Å². The third-order valence-corrected chi connectivity index (χ3v) is 4.32. The SMILES string of the molecule is C1=C[C@@H]2c3ccccc3N[C@H](c3cccnc3)[C@H]2C1. The van der Waals surface area contributed by atoms with Gasteiger partial charge in [-0.2, -0.15) is 0 Å². The summed E-state index contributed by atoms with van der Waals surface area (Å²) in [7, 11) is 0. The number of hydrogen-bond donors (Lipinski definition) is 1. The van der Waals surface area contributed by atoms with Gasteiger partial charge in [0.05, 0.1) is 6.04 Å². The molecular weight excluding hydrogens is 232 g/mol. The lowest BCUT2D eigenvalue weighted by atomic mass is 9.77. The van der Waals surface area contributed by atoms with E-state index in [-0.39, 0.29) is 0 Å². The molecule has 1 aromatic carbocycles. The number of para-hydroxylation sites is 1. The normalized spacial score (nSPS) is 27.5. The lowest BCUT2D eigenvalue weighted by Crippen LogP contribution is -2.29. The summed E-state index contributed by atoms with van der Waals surface area (Å²) in [5.41, 5.74) is 3.99. The summed E-state index contributed by atoms with van der Waals surface area (Å²) in [6.45, 7) is 0. The van der Waals surface area contributed by atoms with Gasteiger partial charge < -0.3 is 5.32 Å². The lowest BCUT2D eigenvalue weighted by molar-refractivity contribution is 0.425. The van der Waals surface area contributed by atoms with Crippen molar-refractivity contribution >= 4 is 5.69 Å². The molecule has 0 bridgehead atoms. The molecule has 2 aliphatic rings. The van der Waals surface area contributed by atoms with Crippen LogP contribution in [0.4, 0.5) is 5.69 Å². The smallest absolute Gasteiger partial charge is 0.0569 e. The summed E-state index contributed by atoms with van der Waals surface area (Å²) in [6.07, 6.45) is 9.66. The van der Waals surface area contributed by atoms with Gasteiger partial charge in [0.25, 0.3) is 0 Å². The molecule has 0 fully saturated rings. The summed E-state index contributed by atoms with van der Waals surface area (Å²) >= 11 is 0. The molecule has 0 radical (unpaired) electrons. The van der Waals surface area contributed by atoms with E-state index in [1.54, 1.807) is 0 Å². The zero-order valence-corrected chi connectivity index (χ0v) is 10.7. The van der Waals surface area contributed by atoms with Crippen LogP contribution in [0.5, 0.6) is 0 Å². The first-order valence-corrected chi connectivity index (χ1v) is 6.85. The summed E-state index contributed by atoms with van der Waals surface area (Å²) in [6, 6.07) is 13.2. The average molecular weight is 248 g/mol. The minimum Gasteiger partial charge on any atom is -0.378 e. The molecule has 94 valence electrons. The van der Waals surface area contributed by atoms with Gasteiger partial charge in [0.2, 0.25) is 0 Å². The third kappa shape index (κ3) is 1.67. The molecule has 0 spiro atoms. The Morgan fingerprint density at radius 1 is 1.11 bits per heavy atom. The fraction of sp³-hybridized carbons (Fsp3) is 0.235. The predicted octanol–water partition coefficient (Wildman–Crippen LogP) is 3.91. The van der Waals surface area contributed by atoms with E-state index in [4.69, 9.17) is 0 Å². The molecule has 2 nitrogen and oxygen atoms in total. The van der Waals surface area contributed by atoms with E-state index in [0.29, 0.717) is 17.9 Å². The zero-order valence-electron chi connectivity index (χ0n) is 10.7. The Labute approximate surface area is 113 Å². The number of aromatic nitrogens is 1. The molecule has 1 aromatic heterocycles. The average Bonchev–Trinajstić information content (AvgIpc) is 2.97. The number of nitrogens with zero attached hydrogens (tertiary/aromatic N) is 1. The monoisotopic (exact) mass is 248 g/mol. The van der Waals surface area contributed by atoms with Crippen LogP contribution in [-0.2, 0) is 0 Å². The van der Waals surface area contributed by atoms with Crippen molar-refractivity contribution in [3.8, 4) is 0 Å². The topological polar surface area (TPSA) is 24.9 Å². The highest BCUT2D eigenvalue weighted by Crippen LogP contribution is 2.49. The van der Waals surface area contributed by atoms with E-state index in [1.165, 1.54) is 16.8 Å². The Kier molecular flexibility index (Phi) is 2.41. The number of pyridine rings is 1. The molecule has 3 atom stereocenters. The number of allylic oxidation sites excluding steroid dienone is 2. The molecule has 1 aliphatic heterocycles. The van der Waals surface area contributed by atoms with Crippen molar-refractivity contribution < 1.29 is 0 Å². The standard InChI is InChI=1S/C17H16N2/c1-2-9-16-14(6-1)13-7-3-8-15(13)17(19-16)12-5-4-10-18-11-12/h1-7,9-11,13,15,17,19H,8H2/t13-,15+,17-/m1/s1. The molecule has 4 rings (SSSR count). The van der Waals surface area contributed by atoms with Crippen LogP contribution in [0.2, 0.25) is 0 Å². The Morgan fingerprint density at radius 2 is 2.05 bits per heavy atom. The largest absolute Gasteiger partial charge is 0.378 e. The maximum absolute atomic E-state index is 4.27. The van der Waals surface area contributed by atoms with E-state index in [2.05, 4.69) is 52.8 Å². The first-order chi connectivity index (χ1) is 9.43. The maximum atomic E-state index is 4.27. The molecule has 0 unspecified atom stereocenters. The summed E-state index contributed by atoms with van der Waals surface area (Å²) in [5.74, 6) is 1.15. The Balaban J connectivity index is 1.80. The molecule has 0 saturated carbocycles. The quantitative estimate of drug-likeness (QED) is 0.774. The number of rotatable bonds is 1. The number of anilines is 1. The van der Waals surface area contributed by atoms with Crippen LogP contribution in [0.1, 0.15) is 29.5 Å². The van der Waals surface area contributed by atoms with Crippen molar-refractivity contribution in [2.24, 2.45) is 5.92 Å². The fourth-order valence-electron chi connectivity index (χ4n) is 3.43. The van der Waals surface area contributed by atoms with Crippen LogP contribution < -0.4 is 5.32 Å². The zero-order chi connectivity index (χ0) is 12.7. The summed E-state index contributed by atoms with van der Waals surface area (Å²) in [5, 5.41) is 3.70. The van der Waals surface area contributed by atoms with Crippen molar-refractivity contribution in [2.75, 3.05) is 5.32 Å². The minimum atomic E-state index is 0.364. The van der Waals surface area contributed by atoms with Gasteiger partial charge in [-0.3, -0.25) is 4.98 Å². The molecular formula is C17H16N2. The first kappa shape index (κ1) is 10.8. The van der Waals surface area contributed by atoms with Crippen LogP contribution in [0.3, 0.4) is 0 Å². The van der Waals surface area contributed by atoms with Crippen LogP contribution >= 0.6 is 0 Å². The van der Waals surface area contributed by atoms with E-state index >= 15 is 0 Å². The molecule has 2 aromatic rings. The Hall–Kier alpha value is -2.09. The van der Waals surface area contributed by atoms with E-state index in [1.807, 2.05) is 18.5 Å². The van der Waals surface area contributed by atoms with Crippen LogP contribution in [0.15, 0.2) is 60.9 Å². The van der Waals surface area contributed by atoms with Crippen LogP contribution in [-0.4, -0.2) is 4.98 Å². The van der Waals surface area contributed by atoms with Gasteiger partial charge in [-0.15, -0.1) is 0 Å². The second-order valence-corrected chi connectivity index (χ2v) is 5.35. The van der Waals surface area contributed by atoms with Crippen molar-refractivity contribution in [3.63, 3.8) is 0 Å².